The van der Waals surface area contributed by atoms with Crippen LogP contribution in [-0.2, 0) is 0 Å². The maximum atomic E-state index is 12.8. The van der Waals surface area contributed by atoms with Crippen molar-refractivity contribution < 1.29 is 19.5 Å². The fourth-order valence-electron chi connectivity index (χ4n) is 3.49. The summed E-state index contributed by atoms with van der Waals surface area (Å²) in [5, 5.41) is 13.4. The summed E-state index contributed by atoms with van der Waals surface area (Å²) in [6.45, 7) is 7.41. The van der Waals surface area contributed by atoms with Gasteiger partial charge < -0.3 is 15.3 Å². The average molecular weight is 417 g/mol. The van der Waals surface area contributed by atoms with Crippen LogP contribution in [0.5, 0.6) is 5.75 Å². The number of nitrogens with zero attached hydrogens (tertiary/aromatic N) is 1. The molecule has 2 aromatic rings. The minimum Gasteiger partial charge on any atom is -0.506 e. The summed E-state index contributed by atoms with van der Waals surface area (Å²) in [5.41, 5.74) is 0.584. The molecule has 0 radical (unpaired) electrons. The number of amides is 1. The Hall–Kier alpha value is -2.70. The Kier molecular flexibility index (Phi) is 7.53. The van der Waals surface area contributed by atoms with Gasteiger partial charge in [-0.3, -0.25) is 14.4 Å². The van der Waals surface area contributed by atoms with E-state index in [1.54, 1.807) is 24.3 Å². The third kappa shape index (κ3) is 4.33. The van der Waals surface area contributed by atoms with Gasteiger partial charge in [-0.25, -0.2) is 0 Å². The highest BCUT2D eigenvalue weighted by molar-refractivity contribution is 6.30. The number of halogens is 1. The smallest absolute Gasteiger partial charge is 0.255 e. The molecule has 0 bridgehead atoms. The van der Waals surface area contributed by atoms with Crippen LogP contribution in [0.1, 0.15) is 62.5 Å². The summed E-state index contributed by atoms with van der Waals surface area (Å²) in [4.78, 5) is 40.2. The molecule has 0 aliphatic heterocycles. The average Bonchev–Trinajstić information content (AvgIpc) is 2.71. The molecule has 154 valence electrons. The highest BCUT2D eigenvalue weighted by Crippen LogP contribution is 2.34. The van der Waals surface area contributed by atoms with E-state index < -0.39 is 17.4 Å². The van der Waals surface area contributed by atoms with E-state index in [1.807, 2.05) is 0 Å². The quantitative estimate of drug-likeness (QED) is 0.578. The Morgan fingerprint density at radius 1 is 0.966 bits per heavy atom. The predicted molar refractivity (Wildman–Crippen MR) is 113 cm³/mol. The van der Waals surface area contributed by atoms with Crippen LogP contribution in [0.15, 0.2) is 36.4 Å². The Bertz CT molecular complexity index is 938. The number of hydrogen-bond donors (Lipinski definition) is 2. The van der Waals surface area contributed by atoms with Crippen molar-refractivity contribution in [3.63, 3.8) is 0 Å². The lowest BCUT2D eigenvalue weighted by Gasteiger charge is -2.20. The Morgan fingerprint density at radius 2 is 1.59 bits per heavy atom. The summed E-state index contributed by atoms with van der Waals surface area (Å²) >= 11 is 0. The highest BCUT2D eigenvalue weighted by Gasteiger charge is 2.33. The number of phenolic OH excluding ortho intramolecular Hbond substituents is 1. The predicted octanol–water partition coefficient (Wildman–Crippen LogP) is 3.05. The van der Waals surface area contributed by atoms with E-state index in [2.05, 4.69) is 24.1 Å². The van der Waals surface area contributed by atoms with Gasteiger partial charge in [0.25, 0.3) is 5.91 Å². The van der Waals surface area contributed by atoms with Crippen LogP contribution < -0.4 is 5.32 Å². The van der Waals surface area contributed by atoms with Crippen molar-refractivity contribution in [2.24, 2.45) is 0 Å². The van der Waals surface area contributed by atoms with Crippen LogP contribution in [0.4, 0.5) is 0 Å². The van der Waals surface area contributed by atoms with E-state index >= 15 is 0 Å². The zero-order valence-electron chi connectivity index (χ0n) is 16.5. The first-order chi connectivity index (χ1) is 13.5. The number of nitrogens with one attached hydrogen (secondary N) is 1. The van der Waals surface area contributed by atoms with Gasteiger partial charge in [0.2, 0.25) is 0 Å². The van der Waals surface area contributed by atoms with Crippen LogP contribution in [0, 0.1) is 0 Å². The topological polar surface area (TPSA) is 86.7 Å². The molecule has 0 aromatic heterocycles. The van der Waals surface area contributed by atoms with Crippen LogP contribution in [0.3, 0.4) is 0 Å². The van der Waals surface area contributed by atoms with E-state index in [4.69, 9.17) is 0 Å². The minimum absolute atomic E-state index is 0. The molecule has 2 aromatic carbocycles. The van der Waals surface area contributed by atoms with Gasteiger partial charge in [0.1, 0.15) is 5.75 Å². The molecule has 0 spiro atoms. The summed E-state index contributed by atoms with van der Waals surface area (Å²) in [6.07, 6.45) is 0.782. The second-order valence-corrected chi connectivity index (χ2v) is 6.72. The van der Waals surface area contributed by atoms with Crippen molar-refractivity contribution in [3.8, 4) is 5.75 Å². The van der Waals surface area contributed by atoms with E-state index in [0.717, 1.165) is 26.1 Å². The number of carbonyl (C=O) groups is 3. The van der Waals surface area contributed by atoms with Gasteiger partial charge in [-0.15, -0.1) is 12.4 Å². The summed E-state index contributed by atoms with van der Waals surface area (Å²) in [5.74, 6) is -1.67. The second-order valence-electron chi connectivity index (χ2n) is 6.72. The standard InChI is InChI=1S/C22H24N2O4.ClH/c1-3-24(4-2)13-7-12-23-22(28)17-11-10-16-18(21(17)27)20(26)15-9-6-5-8-14(15)19(16)25;/h5-6,8-11,27H,3-4,7,12-13H2,1-2H3,(H,23,28);1H. The molecule has 0 unspecified atom stereocenters. The number of carbonyl (C=O) groups excluding carboxylic acids is 3. The van der Waals surface area contributed by atoms with Gasteiger partial charge in [0, 0.05) is 23.2 Å². The van der Waals surface area contributed by atoms with E-state index in [-0.39, 0.29) is 40.4 Å². The first-order valence-electron chi connectivity index (χ1n) is 9.54. The molecule has 1 aliphatic rings. The third-order valence-corrected chi connectivity index (χ3v) is 5.14. The normalized spacial score (nSPS) is 12.2. The molecule has 1 amide bonds. The van der Waals surface area contributed by atoms with Crippen molar-refractivity contribution in [1.29, 1.82) is 0 Å². The van der Waals surface area contributed by atoms with Crippen LogP contribution in [0.25, 0.3) is 0 Å². The van der Waals surface area contributed by atoms with Gasteiger partial charge in [0.05, 0.1) is 11.1 Å². The summed E-state index contributed by atoms with van der Waals surface area (Å²) < 4.78 is 0. The molecule has 29 heavy (non-hydrogen) atoms. The number of ketones is 2. The Labute approximate surface area is 176 Å². The number of benzene rings is 2. The number of rotatable bonds is 7. The number of phenols is 1. The van der Waals surface area contributed by atoms with Crippen LogP contribution in [-0.4, -0.2) is 53.7 Å². The minimum atomic E-state index is -0.459. The molecular formula is C22H25ClN2O4. The highest BCUT2D eigenvalue weighted by atomic mass is 35.5. The lowest BCUT2D eigenvalue weighted by molar-refractivity contribution is 0.0945. The maximum Gasteiger partial charge on any atom is 0.255 e. The maximum absolute atomic E-state index is 12.8. The summed E-state index contributed by atoms with van der Waals surface area (Å²) in [7, 11) is 0. The van der Waals surface area contributed by atoms with Gasteiger partial charge in [0.15, 0.2) is 11.6 Å². The fraction of sp³-hybridized carbons (Fsp3) is 0.318. The van der Waals surface area contributed by atoms with Crippen molar-refractivity contribution in [2.45, 2.75) is 20.3 Å². The van der Waals surface area contributed by atoms with Crippen molar-refractivity contribution in [1.82, 2.24) is 10.2 Å². The lowest BCUT2D eigenvalue weighted by atomic mass is 9.82. The van der Waals surface area contributed by atoms with Gasteiger partial charge in [-0.1, -0.05) is 38.1 Å². The SMILES string of the molecule is CCN(CC)CCCNC(=O)c1ccc2c(c1O)C(=O)c1ccccc1C2=O.Cl. The zero-order chi connectivity index (χ0) is 20.3. The molecule has 0 saturated carbocycles. The van der Waals surface area contributed by atoms with E-state index in [1.165, 1.54) is 12.1 Å². The molecule has 0 atom stereocenters. The van der Waals surface area contributed by atoms with Crippen LogP contribution in [0.2, 0.25) is 0 Å². The van der Waals surface area contributed by atoms with Gasteiger partial charge in [-0.05, 0) is 38.2 Å². The van der Waals surface area contributed by atoms with Crippen molar-refractivity contribution in [2.75, 3.05) is 26.2 Å². The number of aromatic hydroxyl groups is 1. The van der Waals surface area contributed by atoms with Gasteiger partial charge in [-0.2, -0.15) is 0 Å². The van der Waals surface area contributed by atoms with E-state index in [9.17, 15) is 19.5 Å². The zero-order valence-corrected chi connectivity index (χ0v) is 17.3. The molecule has 0 heterocycles. The number of hydrogen-bond acceptors (Lipinski definition) is 5. The first kappa shape index (κ1) is 22.6. The van der Waals surface area contributed by atoms with Crippen LogP contribution >= 0.6 is 12.4 Å². The largest absolute Gasteiger partial charge is 0.506 e. The fourth-order valence-corrected chi connectivity index (χ4v) is 3.49. The molecule has 1 aliphatic carbocycles. The van der Waals surface area contributed by atoms with Gasteiger partial charge >= 0.3 is 0 Å². The number of fused-ring (bicyclic) bond motifs is 2. The third-order valence-electron chi connectivity index (χ3n) is 5.14. The molecule has 0 fully saturated rings. The molecule has 2 N–H and O–H groups in total. The molecule has 6 nitrogen and oxygen atoms in total. The molecule has 0 saturated heterocycles. The van der Waals surface area contributed by atoms with Crippen molar-refractivity contribution in [3.05, 3.63) is 64.2 Å². The molecular weight excluding hydrogens is 392 g/mol. The molecule has 3 rings (SSSR count). The lowest BCUT2D eigenvalue weighted by Crippen LogP contribution is -2.30. The Balaban J connectivity index is 0.00000300. The summed E-state index contributed by atoms with van der Waals surface area (Å²) in [6, 6.07) is 9.33. The van der Waals surface area contributed by atoms with E-state index in [0.29, 0.717) is 12.1 Å². The Morgan fingerprint density at radius 3 is 2.21 bits per heavy atom. The second kappa shape index (κ2) is 9.67. The first-order valence-corrected chi connectivity index (χ1v) is 9.54. The molecule has 7 heteroatoms. The monoisotopic (exact) mass is 416 g/mol. The van der Waals surface area contributed by atoms with Crippen molar-refractivity contribution >= 4 is 29.9 Å².